The van der Waals surface area contributed by atoms with Crippen molar-refractivity contribution in [1.29, 1.82) is 0 Å². The molecule has 0 bridgehead atoms. The van der Waals surface area contributed by atoms with Gasteiger partial charge in [0.15, 0.2) is 11.5 Å². The van der Waals surface area contributed by atoms with Crippen molar-refractivity contribution in [3.05, 3.63) is 53.2 Å². The number of H-pyrrole nitrogens is 1. The minimum Gasteiger partial charge on any atom is -0.368 e. The summed E-state index contributed by atoms with van der Waals surface area (Å²) in [5, 5.41) is 12.7. The van der Waals surface area contributed by atoms with Crippen LogP contribution in [0, 0.1) is 6.92 Å². The quantitative estimate of drug-likeness (QED) is 0.455. The first-order valence-corrected chi connectivity index (χ1v) is 11.5. The number of amides is 1. The lowest BCUT2D eigenvalue weighted by molar-refractivity contribution is -0.0220. The molecule has 4 aromatic heterocycles. The maximum Gasteiger partial charge on any atom is 0.253 e. The number of carbonyl (C=O) groups excluding carboxylic acids is 1. The largest absolute Gasteiger partial charge is 0.368 e. The number of aromatic nitrogens is 5. The highest BCUT2D eigenvalue weighted by Gasteiger charge is 2.35. The summed E-state index contributed by atoms with van der Waals surface area (Å²) in [6, 6.07) is 3.42. The Morgan fingerprint density at radius 3 is 2.76 bits per heavy atom. The van der Waals surface area contributed by atoms with Gasteiger partial charge in [0.25, 0.3) is 11.8 Å². The van der Waals surface area contributed by atoms with E-state index in [0.29, 0.717) is 22.7 Å². The summed E-state index contributed by atoms with van der Waals surface area (Å²) in [5.74, 6) is -2.42. The van der Waals surface area contributed by atoms with Crippen LogP contribution in [0.3, 0.4) is 0 Å². The average Bonchev–Trinajstić information content (AvgIpc) is 3.53. The highest BCUT2D eigenvalue weighted by molar-refractivity contribution is 7.13. The molecule has 1 amide bonds. The molecule has 5 rings (SSSR count). The molecule has 33 heavy (non-hydrogen) atoms. The van der Waals surface area contributed by atoms with E-state index in [9.17, 15) is 13.6 Å². The van der Waals surface area contributed by atoms with Crippen molar-refractivity contribution in [1.82, 2.24) is 29.9 Å². The molecule has 0 radical (unpaired) electrons. The van der Waals surface area contributed by atoms with Gasteiger partial charge < -0.3 is 15.2 Å². The number of thiophene rings is 1. The standard InChI is InChI=1S/C22H23F2N7OS/c1-13-7-18(33-11-13)17-9-25-20-16(30-5-3-22(23,24)4-6-30)8-15(10-31(17)20)21(32)28-14(2)19-26-12-27-29-19/h7-12,14H,3-6H2,1-2H3,(H,28,32)(H,26,27,29)/t14-/m0/s1. The van der Waals surface area contributed by atoms with E-state index in [-0.39, 0.29) is 37.9 Å². The maximum atomic E-state index is 13.8. The Morgan fingerprint density at radius 2 is 2.09 bits per heavy atom. The van der Waals surface area contributed by atoms with E-state index < -0.39 is 5.92 Å². The number of anilines is 1. The SMILES string of the molecule is Cc1csc(-c2cnc3c(N4CCC(F)(F)CC4)cc(C(=O)N[C@@H](C)c4nnc[nH]4)cn23)c1. The first kappa shape index (κ1) is 21.5. The summed E-state index contributed by atoms with van der Waals surface area (Å²) in [4.78, 5) is 23.6. The molecule has 0 aromatic carbocycles. The number of halogens is 2. The number of nitrogens with zero attached hydrogens (tertiary/aromatic N) is 5. The van der Waals surface area contributed by atoms with Crippen molar-refractivity contribution in [2.24, 2.45) is 0 Å². The van der Waals surface area contributed by atoms with Crippen LogP contribution in [0.5, 0.6) is 0 Å². The molecule has 0 aliphatic carbocycles. The van der Waals surface area contributed by atoms with Gasteiger partial charge in [-0.2, -0.15) is 0 Å². The molecular weight excluding hydrogens is 448 g/mol. The Hall–Kier alpha value is -3.34. The molecular formula is C22H23F2N7OS. The van der Waals surface area contributed by atoms with Crippen molar-refractivity contribution < 1.29 is 13.6 Å². The van der Waals surface area contributed by atoms with Crippen LogP contribution < -0.4 is 10.2 Å². The van der Waals surface area contributed by atoms with Gasteiger partial charge in [-0.05, 0) is 36.9 Å². The van der Waals surface area contributed by atoms with Crippen LogP contribution in [0.2, 0.25) is 0 Å². The molecule has 0 unspecified atom stereocenters. The Kier molecular flexibility index (Phi) is 5.35. The lowest BCUT2D eigenvalue weighted by atomic mass is 10.1. The third-order valence-electron chi connectivity index (χ3n) is 5.86. The van der Waals surface area contributed by atoms with Crippen LogP contribution in [0.25, 0.3) is 16.2 Å². The van der Waals surface area contributed by atoms with E-state index in [0.717, 1.165) is 16.1 Å². The number of piperidine rings is 1. The maximum absolute atomic E-state index is 13.8. The predicted octanol–water partition coefficient (Wildman–Crippen LogP) is 4.22. The zero-order valence-electron chi connectivity index (χ0n) is 18.2. The van der Waals surface area contributed by atoms with E-state index in [1.807, 2.05) is 23.1 Å². The fourth-order valence-corrected chi connectivity index (χ4v) is 4.93. The Morgan fingerprint density at radius 1 is 1.30 bits per heavy atom. The van der Waals surface area contributed by atoms with Gasteiger partial charge in [-0.1, -0.05) is 0 Å². The Balaban J connectivity index is 1.56. The van der Waals surface area contributed by atoms with Crippen molar-refractivity contribution in [2.45, 2.75) is 38.7 Å². The summed E-state index contributed by atoms with van der Waals surface area (Å²) in [6.45, 7) is 4.22. The van der Waals surface area contributed by atoms with Gasteiger partial charge in [0, 0.05) is 32.1 Å². The minimum atomic E-state index is -2.66. The summed E-state index contributed by atoms with van der Waals surface area (Å²) >= 11 is 1.59. The lowest BCUT2D eigenvalue weighted by Crippen LogP contribution is -2.39. The van der Waals surface area contributed by atoms with E-state index in [1.165, 1.54) is 6.33 Å². The average molecular weight is 472 g/mol. The summed E-state index contributed by atoms with van der Waals surface area (Å²) in [5.41, 5.74) is 3.71. The number of aryl methyl sites for hydroxylation is 1. The number of alkyl halides is 2. The summed E-state index contributed by atoms with van der Waals surface area (Å²) < 4.78 is 29.5. The lowest BCUT2D eigenvalue weighted by Gasteiger charge is -2.33. The molecule has 4 aromatic rings. The molecule has 11 heteroatoms. The van der Waals surface area contributed by atoms with Gasteiger partial charge in [-0.15, -0.1) is 21.5 Å². The molecule has 8 nitrogen and oxygen atoms in total. The van der Waals surface area contributed by atoms with Crippen LogP contribution in [0.15, 0.2) is 36.2 Å². The van der Waals surface area contributed by atoms with Crippen molar-refractivity contribution in [3.63, 3.8) is 0 Å². The van der Waals surface area contributed by atoms with Crippen molar-refractivity contribution in [2.75, 3.05) is 18.0 Å². The van der Waals surface area contributed by atoms with Crippen LogP contribution >= 0.6 is 11.3 Å². The number of aromatic amines is 1. The first-order chi connectivity index (χ1) is 15.8. The third-order valence-corrected chi connectivity index (χ3v) is 6.93. The second kappa shape index (κ2) is 8.22. The number of imidazole rings is 1. The molecule has 0 spiro atoms. The second-order valence-corrected chi connectivity index (χ2v) is 9.26. The Bertz CT molecular complexity index is 1290. The zero-order valence-corrected chi connectivity index (χ0v) is 19.0. The monoisotopic (exact) mass is 471 g/mol. The molecule has 5 heterocycles. The molecule has 1 aliphatic heterocycles. The third kappa shape index (κ3) is 4.20. The zero-order chi connectivity index (χ0) is 23.2. The molecule has 1 aliphatic rings. The number of rotatable bonds is 5. The fraction of sp³-hybridized carbons (Fsp3) is 0.364. The number of fused-ring (bicyclic) bond motifs is 1. The van der Waals surface area contributed by atoms with E-state index in [1.54, 1.807) is 29.8 Å². The second-order valence-electron chi connectivity index (χ2n) is 8.35. The topological polar surface area (TPSA) is 91.2 Å². The van der Waals surface area contributed by atoms with Crippen LogP contribution in [0.4, 0.5) is 14.5 Å². The van der Waals surface area contributed by atoms with Gasteiger partial charge in [0.2, 0.25) is 0 Å². The van der Waals surface area contributed by atoms with Gasteiger partial charge in [0.1, 0.15) is 6.33 Å². The predicted molar refractivity (Wildman–Crippen MR) is 122 cm³/mol. The van der Waals surface area contributed by atoms with Gasteiger partial charge in [0.05, 0.1) is 34.1 Å². The highest BCUT2D eigenvalue weighted by atomic mass is 32.1. The smallest absolute Gasteiger partial charge is 0.253 e. The summed E-state index contributed by atoms with van der Waals surface area (Å²) in [7, 11) is 0. The summed E-state index contributed by atoms with van der Waals surface area (Å²) in [6.07, 6.45) is 4.51. The molecule has 1 saturated heterocycles. The molecule has 172 valence electrons. The Labute approximate surface area is 192 Å². The van der Waals surface area contributed by atoms with Crippen LogP contribution in [-0.4, -0.2) is 49.5 Å². The van der Waals surface area contributed by atoms with E-state index >= 15 is 0 Å². The van der Waals surface area contributed by atoms with Gasteiger partial charge in [-0.3, -0.25) is 9.20 Å². The number of nitrogens with one attached hydrogen (secondary N) is 2. The molecule has 1 fully saturated rings. The van der Waals surface area contributed by atoms with Crippen LogP contribution in [0.1, 0.15) is 47.6 Å². The number of carbonyl (C=O) groups is 1. The van der Waals surface area contributed by atoms with Gasteiger partial charge in [-0.25, -0.2) is 13.8 Å². The van der Waals surface area contributed by atoms with E-state index in [4.69, 9.17) is 0 Å². The van der Waals surface area contributed by atoms with Gasteiger partial charge >= 0.3 is 0 Å². The van der Waals surface area contributed by atoms with Crippen molar-refractivity contribution in [3.8, 4) is 10.6 Å². The number of hydrogen-bond donors (Lipinski definition) is 2. The molecule has 2 N–H and O–H groups in total. The number of pyridine rings is 1. The minimum absolute atomic E-state index is 0.197. The first-order valence-electron chi connectivity index (χ1n) is 10.7. The normalized spacial score (nSPS) is 16.8. The fourth-order valence-electron chi connectivity index (χ4n) is 4.02. The van der Waals surface area contributed by atoms with E-state index in [2.05, 4.69) is 36.9 Å². The van der Waals surface area contributed by atoms with Crippen LogP contribution in [-0.2, 0) is 0 Å². The molecule has 0 saturated carbocycles. The highest BCUT2D eigenvalue weighted by Crippen LogP contribution is 2.35. The number of hydrogen-bond acceptors (Lipinski definition) is 6. The van der Waals surface area contributed by atoms with Crippen molar-refractivity contribution >= 4 is 28.6 Å². The molecule has 1 atom stereocenters.